The quantitative estimate of drug-likeness (QED) is 0.434. The fourth-order valence-corrected chi connectivity index (χ4v) is 3.93. The first-order valence-corrected chi connectivity index (χ1v) is 10.6. The number of aromatic nitrogens is 3. The molecule has 0 unspecified atom stereocenters. The van der Waals surface area contributed by atoms with Gasteiger partial charge in [-0.15, -0.1) is 10.2 Å². The summed E-state index contributed by atoms with van der Waals surface area (Å²) in [6, 6.07) is 14.7. The fourth-order valence-electron chi connectivity index (χ4n) is 3.16. The maximum Gasteiger partial charge on any atom is 0.232 e. The lowest BCUT2D eigenvalue weighted by atomic mass is 10.2. The van der Waals surface area contributed by atoms with E-state index in [4.69, 9.17) is 9.47 Å². The molecule has 0 spiro atoms. The molecule has 2 aromatic carbocycles. The number of thioether (sulfide) groups is 1. The summed E-state index contributed by atoms with van der Waals surface area (Å²) in [6.45, 7) is 5.37. The predicted octanol–water partition coefficient (Wildman–Crippen LogP) is 3.72. The van der Waals surface area contributed by atoms with E-state index in [1.165, 1.54) is 11.6 Å². The number of hydrogen-bond acceptors (Lipinski definition) is 6. The van der Waals surface area contributed by atoms with Gasteiger partial charge in [-0.25, -0.2) is 4.39 Å². The van der Waals surface area contributed by atoms with Crippen LogP contribution in [0.5, 0.6) is 5.75 Å². The molecule has 1 aliphatic heterocycles. The van der Waals surface area contributed by atoms with E-state index in [9.17, 15) is 4.39 Å². The lowest BCUT2D eigenvalue weighted by Crippen LogP contribution is -2.37. The SMILES string of the molecule is Cc1cccc(-n2c(SCCOc3ccccc3F)nnc2N2CCOCC2)c1. The minimum Gasteiger partial charge on any atom is -0.490 e. The first-order valence-electron chi connectivity index (χ1n) is 9.57. The molecule has 0 N–H and O–H groups in total. The second kappa shape index (κ2) is 9.28. The highest BCUT2D eigenvalue weighted by Gasteiger charge is 2.21. The Morgan fingerprint density at radius 3 is 2.72 bits per heavy atom. The number of aryl methyl sites for hydroxylation is 1. The number of benzene rings is 2. The zero-order chi connectivity index (χ0) is 20.1. The molecule has 1 saturated heterocycles. The van der Waals surface area contributed by atoms with E-state index in [-0.39, 0.29) is 11.6 Å². The molecule has 1 aliphatic rings. The average molecular weight is 415 g/mol. The zero-order valence-corrected chi connectivity index (χ0v) is 17.1. The van der Waals surface area contributed by atoms with Crippen molar-refractivity contribution in [2.24, 2.45) is 0 Å². The Bertz CT molecular complexity index is 959. The first kappa shape index (κ1) is 19.7. The lowest BCUT2D eigenvalue weighted by molar-refractivity contribution is 0.122. The van der Waals surface area contributed by atoms with Crippen LogP contribution in [0.15, 0.2) is 53.7 Å². The van der Waals surface area contributed by atoms with E-state index < -0.39 is 0 Å². The van der Waals surface area contributed by atoms with Crippen molar-refractivity contribution < 1.29 is 13.9 Å². The minimum absolute atomic E-state index is 0.266. The fraction of sp³-hybridized carbons (Fsp3) is 0.333. The van der Waals surface area contributed by atoms with Crippen LogP contribution in [0.1, 0.15) is 5.56 Å². The standard InChI is InChI=1S/C21H23FN4O2S/c1-16-5-4-6-17(15-16)26-20(25-9-11-27-12-10-25)23-24-21(26)29-14-13-28-19-8-3-2-7-18(19)22/h2-8,15H,9-14H2,1H3. The topological polar surface area (TPSA) is 52.4 Å². The van der Waals surface area contributed by atoms with Crippen LogP contribution in [-0.2, 0) is 4.74 Å². The van der Waals surface area contributed by atoms with Crippen LogP contribution in [0, 0.1) is 12.7 Å². The van der Waals surface area contributed by atoms with E-state index in [1.54, 1.807) is 30.0 Å². The Hall–Kier alpha value is -2.58. The van der Waals surface area contributed by atoms with Crippen molar-refractivity contribution in [3.05, 3.63) is 59.9 Å². The Labute approximate surface area is 173 Å². The molecule has 0 amide bonds. The molecule has 2 heterocycles. The van der Waals surface area contributed by atoms with Crippen molar-refractivity contribution in [1.82, 2.24) is 14.8 Å². The van der Waals surface area contributed by atoms with Crippen LogP contribution >= 0.6 is 11.8 Å². The summed E-state index contributed by atoms with van der Waals surface area (Å²) in [5.41, 5.74) is 2.19. The van der Waals surface area contributed by atoms with Crippen molar-refractivity contribution in [1.29, 1.82) is 0 Å². The largest absolute Gasteiger partial charge is 0.490 e. The van der Waals surface area contributed by atoms with Gasteiger partial charge in [-0.3, -0.25) is 4.57 Å². The summed E-state index contributed by atoms with van der Waals surface area (Å²) in [7, 11) is 0. The number of para-hydroxylation sites is 1. The van der Waals surface area contributed by atoms with Gasteiger partial charge in [0.15, 0.2) is 16.7 Å². The molecular formula is C21H23FN4O2S. The third kappa shape index (κ3) is 4.71. The molecule has 6 nitrogen and oxygen atoms in total. The highest BCUT2D eigenvalue weighted by molar-refractivity contribution is 7.99. The zero-order valence-electron chi connectivity index (χ0n) is 16.3. The van der Waals surface area contributed by atoms with Crippen LogP contribution in [0.2, 0.25) is 0 Å². The Kier molecular flexibility index (Phi) is 6.31. The van der Waals surface area contributed by atoms with Gasteiger partial charge in [0, 0.05) is 18.8 Å². The summed E-state index contributed by atoms with van der Waals surface area (Å²) >= 11 is 1.54. The summed E-state index contributed by atoms with van der Waals surface area (Å²) in [5, 5.41) is 9.67. The van der Waals surface area contributed by atoms with Crippen LogP contribution in [0.25, 0.3) is 5.69 Å². The van der Waals surface area contributed by atoms with Crippen molar-refractivity contribution in [3.63, 3.8) is 0 Å². The van der Waals surface area contributed by atoms with Crippen LogP contribution in [0.3, 0.4) is 0 Å². The normalized spacial score (nSPS) is 14.2. The van der Waals surface area contributed by atoms with Gasteiger partial charge in [-0.05, 0) is 36.8 Å². The van der Waals surface area contributed by atoms with Crippen LogP contribution in [-0.4, -0.2) is 53.4 Å². The molecule has 0 saturated carbocycles. The number of rotatable bonds is 7. The van der Waals surface area contributed by atoms with Crippen molar-refractivity contribution >= 4 is 17.7 Å². The Morgan fingerprint density at radius 1 is 1.10 bits per heavy atom. The summed E-state index contributed by atoms with van der Waals surface area (Å²) in [6.07, 6.45) is 0. The molecule has 0 atom stereocenters. The van der Waals surface area contributed by atoms with Gasteiger partial charge in [-0.1, -0.05) is 36.0 Å². The molecule has 4 rings (SSSR count). The molecule has 0 aliphatic carbocycles. The molecular weight excluding hydrogens is 391 g/mol. The number of halogens is 1. The van der Waals surface area contributed by atoms with Gasteiger partial charge in [0.2, 0.25) is 5.95 Å². The number of morpholine rings is 1. The number of nitrogens with zero attached hydrogens (tertiary/aromatic N) is 4. The highest BCUT2D eigenvalue weighted by Crippen LogP contribution is 2.28. The van der Waals surface area contributed by atoms with Gasteiger partial charge < -0.3 is 14.4 Å². The second-order valence-electron chi connectivity index (χ2n) is 6.68. The smallest absolute Gasteiger partial charge is 0.232 e. The molecule has 1 fully saturated rings. The van der Waals surface area contributed by atoms with E-state index >= 15 is 0 Å². The number of anilines is 1. The monoisotopic (exact) mass is 414 g/mol. The lowest BCUT2D eigenvalue weighted by Gasteiger charge is -2.28. The predicted molar refractivity (Wildman–Crippen MR) is 112 cm³/mol. The molecule has 1 aromatic heterocycles. The summed E-state index contributed by atoms with van der Waals surface area (Å²) < 4.78 is 26.8. The number of hydrogen-bond donors (Lipinski definition) is 0. The van der Waals surface area contributed by atoms with Gasteiger partial charge in [0.1, 0.15) is 0 Å². The third-order valence-electron chi connectivity index (χ3n) is 4.58. The second-order valence-corrected chi connectivity index (χ2v) is 7.75. The van der Waals surface area contributed by atoms with E-state index in [0.29, 0.717) is 25.6 Å². The molecule has 0 radical (unpaired) electrons. The number of ether oxygens (including phenoxy) is 2. The third-order valence-corrected chi connectivity index (χ3v) is 5.47. The van der Waals surface area contributed by atoms with Gasteiger partial charge in [0.25, 0.3) is 0 Å². The maximum atomic E-state index is 13.7. The van der Waals surface area contributed by atoms with Crippen molar-refractivity contribution in [3.8, 4) is 11.4 Å². The molecule has 152 valence electrons. The summed E-state index contributed by atoms with van der Waals surface area (Å²) in [5.74, 6) is 1.36. The van der Waals surface area contributed by atoms with E-state index in [1.807, 2.05) is 6.07 Å². The van der Waals surface area contributed by atoms with Gasteiger partial charge >= 0.3 is 0 Å². The van der Waals surface area contributed by atoms with Gasteiger partial charge in [-0.2, -0.15) is 0 Å². The molecule has 3 aromatic rings. The Balaban J connectivity index is 1.51. The van der Waals surface area contributed by atoms with E-state index in [0.717, 1.165) is 29.9 Å². The molecule has 0 bridgehead atoms. The minimum atomic E-state index is -0.352. The van der Waals surface area contributed by atoms with Crippen LogP contribution in [0.4, 0.5) is 10.3 Å². The summed E-state index contributed by atoms with van der Waals surface area (Å²) in [4.78, 5) is 2.19. The van der Waals surface area contributed by atoms with Crippen LogP contribution < -0.4 is 9.64 Å². The Morgan fingerprint density at radius 2 is 1.93 bits per heavy atom. The molecule has 29 heavy (non-hydrogen) atoms. The van der Waals surface area contributed by atoms with Gasteiger partial charge in [0.05, 0.1) is 25.5 Å². The average Bonchev–Trinajstić information content (AvgIpc) is 3.17. The first-order chi connectivity index (χ1) is 14.2. The molecule has 8 heteroatoms. The van der Waals surface area contributed by atoms with Crippen molar-refractivity contribution in [2.75, 3.05) is 43.6 Å². The van der Waals surface area contributed by atoms with Crippen molar-refractivity contribution in [2.45, 2.75) is 12.1 Å². The van der Waals surface area contributed by atoms with E-state index in [2.05, 4.69) is 44.8 Å². The maximum absolute atomic E-state index is 13.7. The highest BCUT2D eigenvalue weighted by atomic mass is 32.2.